The van der Waals surface area contributed by atoms with Crippen LogP contribution in [0.1, 0.15) is 33.6 Å². The number of hydrogen-bond acceptors (Lipinski definition) is 5. The van der Waals surface area contributed by atoms with Gasteiger partial charge in [-0.3, -0.25) is 5.43 Å². The molecule has 0 spiro atoms. The van der Waals surface area contributed by atoms with E-state index in [0.29, 0.717) is 13.1 Å². The Bertz CT molecular complexity index is 532. The highest BCUT2D eigenvalue weighted by atomic mass is 19.4. The Labute approximate surface area is 157 Å². The third-order valence-corrected chi connectivity index (χ3v) is 3.25. The number of hydrogen-bond donors (Lipinski definition) is 3. The Morgan fingerprint density at radius 1 is 1.33 bits per heavy atom. The van der Waals surface area contributed by atoms with E-state index in [-0.39, 0.29) is 24.8 Å². The predicted molar refractivity (Wildman–Crippen MR) is 94.7 cm³/mol. The van der Waals surface area contributed by atoms with E-state index in [0.717, 1.165) is 19.0 Å². The molecule has 1 heterocycles. The van der Waals surface area contributed by atoms with Gasteiger partial charge in [0.05, 0.1) is 0 Å². The minimum absolute atomic E-state index is 0.0121. The first-order chi connectivity index (χ1) is 12.5. The number of carbonyl (C=O) groups excluding carboxylic acids is 1. The summed E-state index contributed by atoms with van der Waals surface area (Å²) >= 11 is 0. The molecule has 0 bridgehead atoms. The lowest BCUT2D eigenvalue weighted by Crippen LogP contribution is -2.55. The maximum absolute atomic E-state index is 12.2. The summed E-state index contributed by atoms with van der Waals surface area (Å²) < 4.78 is 46.8. The molecule has 0 radical (unpaired) electrons. The van der Waals surface area contributed by atoms with Crippen LogP contribution in [0.2, 0.25) is 0 Å². The van der Waals surface area contributed by atoms with E-state index in [1.165, 1.54) is 7.11 Å². The zero-order valence-electron chi connectivity index (χ0n) is 16.0. The van der Waals surface area contributed by atoms with Crippen LogP contribution in [0, 0.1) is 0 Å². The van der Waals surface area contributed by atoms with Gasteiger partial charge in [0.2, 0.25) is 0 Å². The van der Waals surface area contributed by atoms with Crippen molar-refractivity contribution >= 4 is 12.1 Å². The molecular formula is C16H28F3N5O3. The van der Waals surface area contributed by atoms with E-state index >= 15 is 0 Å². The molecule has 1 fully saturated rings. The SMILES string of the molecule is COCN=C(N/C=C/C(F)(F)F)N[C@H]1CCCN(NC(=O)OC(C)(C)C)C1. The van der Waals surface area contributed by atoms with E-state index in [1.807, 2.05) is 0 Å². The fourth-order valence-electron chi connectivity index (χ4n) is 2.30. The monoisotopic (exact) mass is 395 g/mol. The molecule has 0 aromatic rings. The Balaban J connectivity index is 2.59. The van der Waals surface area contributed by atoms with E-state index in [1.54, 1.807) is 25.8 Å². The highest BCUT2D eigenvalue weighted by molar-refractivity contribution is 5.81. The number of methoxy groups -OCH3 is 1. The highest BCUT2D eigenvalue weighted by Gasteiger charge is 2.25. The first-order valence-corrected chi connectivity index (χ1v) is 8.54. The lowest BCUT2D eigenvalue weighted by molar-refractivity contribution is -0.0800. The van der Waals surface area contributed by atoms with Gasteiger partial charge in [-0.2, -0.15) is 13.2 Å². The molecule has 11 heteroatoms. The average Bonchev–Trinajstić information content (AvgIpc) is 2.49. The van der Waals surface area contributed by atoms with Gasteiger partial charge < -0.3 is 20.1 Å². The number of guanidine groups is 1. The molecule has 27 heavy (non-hydrogen) atoms. The van der Waals surface area contributed by atoms with Gasteiger partial charge in [-0.05, 0) is 33.6 Å². The third kappa shape index (κ3) is 11.3. The molecule has 1 atom stereocenters. The molecule has 0 unspecified atom stereocenters. The van der Waals surface area contributed by atoms with Gasteiger partial charge in [-0.1, -0.05) is 0 Å². The number of aliphatic imine (C=N–C) groups is 1. The number of rotatable bonds is 5. The highest BCUT2D eigenvalue weighted by Crippen LogP contribution is 2.15. The van der Waals surface area contributed by atoms with Gasteiger partial charge in [-0.25, -0.2) is 14.8 Å². The molecule has 1 saturated heterocycles. The van der Waals surface area contributed by atoms with Crippen molar-refractivity contribution in [1.82, 2.24) is 21.1 Å². The molecule has 0 saturated carbocycles. The van der Waals surface area contributed by atoms with Crippen LogP contribution in [-0.2, 0) is 9.47 Å². The topological polar surface area (TPSA) is 87.2 Å². The van der Waals surface area contributed by atoms with Crippen LogP contribution in [0.15, 0.2) is 17.3 Å². The molecule has 0 aromatic carbocycles. The summed E-state index contributed by atoms with van der Waals surface area (Å²) in [7, 11) is 1.43. The van der Waals surface area contributed by atoms with Gasteiger partial charge >= 0.3 is 12.3 Å². The van der Waals surface area contributed by atoms with Crippen LogP contribution in [0.25, 0.3) is 0 Å². The Morgan fingerprint density at radius 2 is 2.04 bits per heavy atom. The first kappa shape index (κ1) is 23.0. The van der Waals surface area contributed by atoms with E-state index < -0.39 is 17.9 Å². The zero-order chi connectivity index (χ0) is 20.5. The van der Waals surface area contributed by atoms with Crippen LogP contribution >= 0.6 is 0 Å². The Kier molecular flexibility index (Phi) is 8.83. The van der Waals surface area contributed by atoms with Crippen molar-refractivity contribution in [3.05, 3.63) is 12.3 Å². The maximum Gasteiger partial charge on any atom is 0.422 e. The first-order valence-electron chi connectivity index (χ1n) is 8.54. The summed E-state index contributed by atoms with van der Waals surface area (Å²) in [5.41, 5.74) is 2.06. The summed E-state index contributed by atoms with van der Waals surface area (Å²) in [6.45, 7) is 6.38. The quantitative estimate of drug-likeness (QED) is 0.488. The lowest BCUT2D eigenvalue weighted by Gasteiger charge is -2.34. The average molecular weight is 395 g/mol. The van der Waals surface area contributed by atoms with Crippen molar-refractivity contribution in [2.75, 3.05) is 26.9 Å². The maximum atomic E-state index is 12.2. The molecule has 0 aromatic heterocycles. The largest absolute Gasteiger partial charge is 0.443 e. The number of hydrazine groups is 1. The molecule has 1 aliphatic heterocycles. The van der Waals surface area contributed by atoms with Crippen molar-refractivity contribution in [3.63, 3.8) is 0 Å². The predicted octanol–water partition coefficient (Wildman–Crippen LogP) is 2.11. The molecule has 8 nitrogen and oxygen atoms in total. The van der Waals surface area contributed by atoms with Crippen molar-refractivity contribution in [1.29, 1.82) is 0 Å². The Hall–Kier alpha value is -2.01. The lowest BCUT2D eigenvalue weighted by atomic mass is 10.1. The van der Waals surface area contributed by atoms with Gasteiger partial charge in [0, 0.05) is 38.5 Å². The van der Waals surface area contributed by atoms with Crippen LogP contribution in [0.5, 0.6) is 0 Å². The van der Waals surface area contributed by atoms with Gasteiger partial charge in [0.1, 0.15) is 12.3 Å². The zero-order valence-corrected chi connectivity index (χ0v) is 16.0. The summed E-state index contributed by atoms with van der Waals surface area (Å²) in [5, 5.41) is 7.21. The van der Waals surface area contributed by atoms with Crippen molar-refractivity contribution in [2.24, 2.45) is 4.99 Å². The molecule has 156 valence electrons. The molecule has 0 aliphatic carbocycles. The van der Waals surface area contributed by atoms with E-state index in [9.17, 15) is 18.0 Å². The number of ether oxygens (including phenoxy) is 2. The second-order valence-electron chi connectivity index (χ2n) is 6.99. The summed E-state index contributed by atoms with van der Waals surface area (Å²) in [6, 6.07) is -0.129. The van der Waals surface area contributed by atoms with Crippen molar-refractivity contribution in [3.8, 4) is 0 Å². The standard InChI is InChI=1S/C16H28F3N5O3/c1-15(2,3)27-14(25)23-24-9-5-6-12(10-24)22-13(21-11-26-4)20-8-7-16(17,18)19/h7-8,12H,5-6,9-11H2,1-4H3,(H,23,25)(H2,20,21,22)/b8-7+/t12-/m0/s1. The molecular weight excluding hydrogens is 367 g/mol. The van der Waals surface area contributed by atoms with Crippen molar-refractivity contribution in [2.45, 2.75) is 51.4 Å². The number of halogens is 3. The second-order valence-corrected chi connectivity index (χ2v) is 6.99. The number of piperidine rings is 1. The fraction of sp³-hybridized carbons (Fsp3) is 0.750. The minimum Gasteiger partial charge on any atom is -0.443 e. The van der Waals surface area contributed by atoms with Gasteiger partial charge in [0.15, 0.2) is 5.96 Å². The summed E-state index contributed by atoms with van der Waals surface area (Å²) in [6.07, 6.45) is -2.58. The van der Waals surface area contributed by atoms with E-state index in [4.69, 9.17) is 9.47 Å². The smallest absolute Gasteiger partial charge is 0.422 e. The van der Waals surface area contributed by atoms with Crippen LogP contribution in [-0.4, -0.2) is 61.8 Å². The number of carbonyl (C=O) groups is 1. The van der Waals surface area contributed by atoms with Crippen LogP contribution < -0.4 is 16.1 Å². The molecule has 1 aliphatic rings. The number of nitrogens with one attached hydrogen (secondary N) is 3. The summed E-state index contributed by atoms with van der Waals surface area (Å²) in [5.74, 6) is 0.154. The number of nitrogens with zero attached hydrogens (tertiary/aromatic N) is 2. The van der Waals surface area contributed by atoms with Crippen LogP contribution in [0.3, 0.4) is 0 Å². The summed E-state index contributed by atoms with van der Waals surface area (Å²) in [4.78, 5) is 15.9. The third-order valence-electron chi connectivity index (χ3n) is 3.25. The van der Waals surface area contributed by atoms with Gasteiger partial charge in [0.25, 0.3) is 0 Å². The minimum atomic E-state index is -4.42. The number of alkyl halides is 3. The number of amides is 1. The normalized spacial score (nSPS) is 19.8. The fourth-order valence-corrected chi connectivity index (χ4v) is 2.30. The number of allylic oxidation sites excluding steroid dienone is 1. The van der Waals surface area contributed by atoms with Crippen molar-refractivity contribution < 1.29 is 27.4 Å². The molecule has 1 rings (SSSR count). The van der Waals surface area contributed by atoms with E-state index in [2.05, 4.69) is 21.1 Å². The molecule has 3 N–H and O–H groups in total. The second kappa shape index (κ2) is 10.4. The van der Waals surface area contributed by atoms with Crippen LogP contribution in [0.4, 0.5) is 18.0 Å². The molecule has 1 amide bonds. The Morgan fingerprint density at radius 3 is 2.63 bits per heavy atom. The van der Waals surface area contributed by atoms with Gasteiger partial charge in [-0.15, -0.1) is 0 Å².